The smallest absolute Gasteiger partial charge is 0.318 e. The van der Waals surface area contributed by atoms with Gasteiger partial charge >= 0.3 is 5.69 Å². The summed E-state index contributed by atoms with van der Waals surface area (Å²) in [7, 11) is 1.36. The molecule has 0 atom stereocenters. The van der Waals surface area contributed by atoms with Crippen molar-refractivity contribution in [1.82, 2.24) is 4.90 Å². The fourth-order valence-electron chi connectivity index (χ4n) is 3.39. The van der Waals surface area contributed by atoms with Gasteiger partial charge in [-0.3, -0.25) is 34.7 Å². The lowest BCUT2D eigenvalue weighted by Crippen LogP contribution is -2.27. The molecule has 4 rings (SSSR count). The number of thioether (sulfide) groups is 1. The Morgan fingerprint density at radius 2 is 1.65 bits per heavy atom. The number of hydrogen-bond donors (Lipinski definition) is 0. The molecule has 0 unspecified atom stereocenters. The van der Waals surface area contributed by atoms with Crippen LogP contribution in [0.5, 0.6) is 17.2 Å². The third-order valence-electron chi connectivity index (χ3n) is 5.18. The van der Waals surface area contributed by atoms with Crippen LogP contribution in [-0.2, 0) is 11.3 Å². The van der Waals surface area contributed by atoms with E-state index in [0.717, 1.165) is 40.4 Å². The van der Waals surface area contributed by atoms with Gasteiger partial charge in [-0.05, 0) is 59.3 Å². The van der Waals surface area contributed by atoms with Crippen LogP contribution in [0.2, 0.25) is 5.02 Å². The van der Waals surface area contributed by atoms with Crippen LogP contribution in [0.15, 0.2) is 65.6 Å². The van der Waals surface area contributed by atoms with Gasteiger partial charge < -0.3 is 9.47 Å². The Balaban J connectivity index is 1.57. The molecule has 1 aliphatic heterocycles. The Hall–Kier alpha value is -4.42. The number of ether oxygens (including phenoxy) is 2. The molecule has 188 valence electrons. The number of methoxy groups -OCH3 is 1. The molecular formula is C24H16ClN3O8S. The molecule has 13 heteroatoms. The summed E-state index contributed by atoms with van der Waals surface area (Å²) in [4.78, 5) is 47.5. The molecule has 0 aliphatic carbocycles. The van der Waals surface area contributed by atoms with Gasteiger partial charge in [0.1, 0.15) is 0 Å². The van der Waals surface area contributed by atoms with Gasteiger partial charge in [0.2, 0.25) is 5.75 Å². The molecule has 0 spiro atoms. The SMILES string of the molecule is COc1cc(/C=C2/SC(=O)N(Cc3ccc(Cl)cc3)C2=O)ccc1Oc1ccc([N+](=O)[O-])cc1[N+](=O)[O-]. The molecule has 0 saturated carbocycles. The molecule has 11 nitrogen and oxygen atoms in total. The van der Waals surface area contributed by atoms with Crippen molar-refractivity contribution in [2.45, 2.75) is 6.54 Å². The zero-order chi connectivity index (χ0) is 26.7. The Kier molecular flexibility index (Phi) is 7.41. The average molecular weight is 542 g/mol. The zero-order valence-corrected chi connectivity index (χ0v) is 20.5. The summed E-state index contributed by atoms with van der Waals surface area (Å²) >= 11 is 6.68. The number of nitro benzene ring substituents is 2. The van der Waals surface area contributed by atoms with E-state index in [4.69, 9.17) is 21.1 Å². The highest BCUT2D eigenvalue weighted by molar-refractivity contribution is 8.18. The van der Waals surface area contributed by atoms with Crippen LogP contribution in [0.1, 0.15) is 11.1 Å². The summed E-state index contributed by atoms with van der Waals surface area (Å²) < 4.78 is 11.0. The summed E-state index contributed by atoms with van der Waals surface area (Å²) in [6, 6.07) is 14.4. The zero-order valence-electron chi connectivity index (χ0n) is 19.0. The molecule has 3 aromatic carbocycles. The molecule has 0 bridgehead atoms. The van der Waals surface area contributed by atoms with Crippen LogP contribution in [0.25, 0.3) is 6.08 Å². The number of carbonyl (C=O) groups excluding carboxylic acids is 2. The highest BCUT2D eigenvalue weighted by atomic mass is 35.5. The van der Waals surface area contributed by atoms with E-state index >= 15 is 0 Å². The quantitative estimate of drug-likeness (QED) is 0.185. The number of rotatable bonds is 8. The predicted molar refractivity (Wildman–Crippen MR) is 136 cm³/mol. The van der Waals surface area contributed by atoms with Gasteiger partial charge in [0.05, 0.1) is 34.5 Å². The highest BCUT2D eigenvalue weighted by Crippen LogP contribution is 2.39. The Labute approximate surface area is 218 Å². The Morgan fingerprint density at radius 1 is 0.946 bits per heavy atom. The highest BCUT2D eigenvalue weighted by Gasteiger charge is 2.35. The monoisotopic (exact) mass is 541 g/mol. The second-order valence-electron chi connectivity index (χ2n) is 7.57. The minimum atomic E-state index is -0.788. The summed E-state index contributed by atoms with van der Waals surface area (Å²) in [6.07, 6.45) is 1.52. The topological polar surface area (TPSA) is 142 Å². The lowest BCUT2D eigenvalue weighted by Gasteiger charge is -2.12. The van der Waals surface area contributed by atoms with E-state index < -0.39 is 32.4 Å². The molecule has 1 aliphatic rings. The Bertz CT molecular complexity index is 1460. The van der Waals surface area contributed by atoms with E-state index in [1.54, 1.807) is 30.3 Å². The first kappa shape index (κ1) is 25.7. The molecule has 0 N–H and O–H groups in total. The fraction of sp³-hybridized carbons (Fsp3) is 0.0833. The van der Waals surface area contributed by atoms with Gasteiger partial charge in [0, 0.05) is 11.1 Å². The summed E-state index contributed by atoms with van der Waals surface area (Å²) in [5.41, 5.74) is 0.219. The normalized spacial score (nSPS) is 14.2. The lowest BCUT2D eigenvalue weighted by atomic mass is 10.1. The van der Waals surface area contributed by atoms with Crippen LogP contribution >= 0.6 is 23.4 Å². The number of halogens is 1. The number of amides is 2. The summed E-state index contributed by atoms with van der Waals surface area (Å²) in [6.45, 7) is 0.100. The molecule has 2 amide bonds. The summed E-state index contributed by atoms with van der Waals surface area (Å²) in [5, 5.41) is 22.5. The number of non-ortho nitro benzene ring substituents is 1. The van der Waals surface area contributed by atoms with Crippen LogP contribution < -0.4 is 9.47 Å². The van der Waals surface area contributed by atoms with E-state index in [9.17, 15) is 29.8 Å². The third-order valence-corrected chi connectivity index (χ3v) is 6.34. The van der Waals surface area contributed by atoms with E-state index in [1.165, 1.54) is 25.3 Å². The first-order valence-corrected chi connectivity index (χ1v) is 11.6. The molecular weight excluding hydrogens is 526 g/mol. The first-order chi connectivity index (χ1) is 17.7. The molecule has 0 radical (unpaired) electrons. The van der Waals surface area contributed by atoms with Crippen molar-refractivity contribution < 1.29 is 28.9 Å². The van der Waals surface area contributed by atoms with Crippen molar-refractivity contribution in [3.8, 4) is 17.2 Å². The Morgan fingerprint density at radius 3 is 2.30 bits per heavy atom. The van der Waals surface area contributed by atoms with Crippen LogP contribution in [-0.4, -0.2) is 33.0 Å². The maximum atomic E-state index is 12.9. The van der Waals surface area contributed by atoms with E-state index in [2.05, 4.69) is 0 Å². The van der Waals surface area contributed by atoms with Gasteiger partial charge in [-0.25, -0.2) is 0 Å². The van der Waals surface area contributed by atoms with Crippen molar-refractivity contribution in [2.24, 2.45) is 0 Å². The lowest BCUT2D eigenvalue weighted by molar-refractivity contribution is -0.394. The molecule has 3 aromatic rings. The van der Waals surface area contributed by atoms with Crippen LogP contribution in [0.3, 0.4) is 0 Å². The maximum absolute atomic E-state index is 12.9. The van der Waals surface area contributed by atoms with Crippen molar-refractivity contribution in [1.29, 1.82) is 0 Å². The molecule has 1 saturated heterocycles. The van der Waals surface area contributed by atoms with Gasteiger partial charge in [-0.1, -0.05) is 29.8 Å². The minimum absolute atomic E-state index is 0.100. The first-order valence-electron chi connectivity index (χ1n) is 10.4. The second kappa shape index (κ2) is 10.7. The number of imide groups is 1. The second-order valence-corrected chi connectivity index (χ2v) is 9.00. The van der Waals surface area contributed by atoms with Crippen LogP contribution in [0, 0.1) is 20.2 Å². The van der Waals surface area contributed by atoms with Crippen molar-refractivity contribution in [2.75, 3.05) is 7.11 Å². The fourth-order valence-corrected chi connectivity index (χ4v) is 4.35. The number of carbonyl (C=O) groups is 2. The molecule has 1 fully saturated rings. The summed E-state index contributed by atoms with van der Waals surface area (Å²) in [5.74, 6) is -0.384. The average Bonchev–Trinajstić information content (AvgIpc) is 3.13. The van der Waals surface area contributed by atoms with E-state index in [-0.39, 0.29) is 28.7 Å². The van der Waals surface area contributed by atoms with Gasteiger partial charge in [-0.2, -0.15) is 0 Å². The number of hydrogen-bond acceptors (Lipinski definition) is 9. The van der Waals surface area contributed by atoms with Gasteiger partial charge in [-0.15, -0.1) is 0 Å². The minimum Gasteiger partial charge on any atom is -0.493 e. The molecule has 0 aromatic heterocycles. The predicted octanol–water partition coefficient (Wildman–Crippen LogP) is 6.19. The largest absolute Gasteiger partial charge is 0.493 e. The van der Waals surface area contributed by atoms with Gasteiger partial charge in [0.25, 0.3) is 16.8 Å². The number of benzene rings is 3. The molecule has 1 heterocycles. The third kappa shape index (κ3) is 5.71. The number of nitrogens with zero attached hydrogens (tertiary/aromatic N) is 3. The van der Waals surface area contributed by atoms with Crippen molar-refractivity contribution >= 4 is 52.0 Å². The van der Waals surface area contributed by atoms with E-state index in [0.29, 0.717) is 10.6 Å². The number of nitro groups is 2. The standard InChI is InChI=1S/C24H16ClN3O8S/c1-35-21-10-15(4-8-20(21)36-19-9-7-17(27(31)32)12-18(19)28(33)34)11-22-23(29)26(24(30)37-22)13-14-2-5-16(25)6-3-14/h2-12H,13H2,1H3/b22-11+. The van der Waals surface area contributed by atoms with Crippen molar-refractivity contribution in [3.63, 3.8) is 0 Å². The van der Waals surface area contributed by atoms with E-state index in [1.807, 2.05) is 0 Å². The van der Waals surface area contributed by atoms with Crippen molar-refractivity contribution in [3.05, 3.63) is 102 Å². The van der Waals surface area contributed by atoms with Gasteiger partial charge in [0.15, 0.2) is 11.5 Å². The van der Waals surface area contributed by atoms with Crippen LogP contribution in [0.4, 0.5) is 16.2 Å². The molecule has 37 heavy (non-hydrogen) atoms. The maximum Gasteiger partial charge on any atom is 0.318 e.